The Morgan fingerprint density at radius 3 is 2.68 bits per heavy atom. The van der Waals surface area contributed by atoms with Gasteiger partial charge in [0, 0.05) is 18.4 Å². The first-order chi connectivity index (χ1) is 12.2. The molecule has 3 heterocycles. The van der Waals surface area contributed by atoms with Gasteiger partial charge in [-0.05, 0) is 30.9 Å². The van der Waals surface area contributed by atoms with Gasteiger partial charge >= 0.3 is 0 Å². The zero-order valence-corrected chi connectivity index (χ0v) is 14.2. The van der Waals surface area contributed by atoms with E-state index in [9.17, 15) is 5.11 Å². The lowest BCUT2D eigenvalue weighted by atomic mass is 9.94. The number of aliphatic hydroxyl groups is 1. The lowest BCUT2D eigenvalue weighted by molar-refractivity contribution is -0.166. The van der Waals surface area contributed by atoms with Crippen LogP contribution in [0.4, 0.5) is 0 Å². The maximum absolute atomic E-state index is 11.1. The van der Waals surface area contributed by atoms with Crippen molar-refractivity contribution in [2.45, 2.75) is 56.4 Å². The molecule has 2 aromatic rings. The Hall–Kier alpha value is -1.73. The minimum absolute atomic E-state index is 0.108. The molecule has 1 aromatic carbocycles. The number of nitrogens with one attached hydrogen (secondary N) is 1. The second kappa shape index (κ2) is 5.92. The van der Waals surface area contributed by atoms with Crippen molar-refractivity contribution in [2.75, 3.05) is 6.61 Å². The molecule has 5 rings (SSSR count). The molecule has 2 bridgehead atoms. The molecular formula is C19H23N3O3. The number of aromatic nitrogens is 2. The molecule has 2 N–H and O–H groups in total. The summed E-state index contributed by atoms with van der Waals surface area (Å²) >= 11 is 0. The van der Waals surface area contributed by atoms with Crippen LogP contribution in [0.25, 0.3) is 0 Å². The lowest BCUT2D eigenvalue weighted by Gasteiger charge is -2.40. The Labute approximate surface area is 146 Å². The van der Waals surface area contributed by atoms with E-state index in [-0.39, 0.29) is 18.2 Å². The molecule has 2 fully saturated rings. The first kappa shape index (κ1) is 15.5. The molecule has 0 radical (unpaired) electrons. The summed E-state index contributed by atoms with van der Waals surface area (Å²) in [6.45, 7) is 2.45. The molecule has 132 valence electrons. The number of aryl methyl sites for hydroxylation is 1. The van der Waals surface area contributed by atoms with E-state index in [0.717, 1.165) is 18.7 Å². The highest BCUT2D eigenvalue weighted by atomic mass is 16.7. The average Bonchev–Trinajstić information content (AvgIpc) is 3.31. The SMILES string of the molecule is Cc1nccn1C1C2OCC(O2)C(NC2Cc3ccccc3C2)C1O. The van der Waals surface area contributed by atoms with Gasteiger partial charge in [0.05, 0.1) is 18.8 Å². The third kappa shape index (κ3) is 2.52. The maximum atomic E-state index is 11.1. The maximum Gasteiger partial charge on any atom is 0.181 e. The van der Waals surface area contributed by atoms with Crippen molar-refractivity contribution in [3.63, 3.8) is 0 Å². The highest BCUT2D eigenvalue weighted by Gasteiger charge is 2.51. The number of hydrogen-bond donors (Lipinski definition) is 2. The van der Waals surface area contributed by atoms with Gasteiger partial charge in [0.25, 0.3) is 0 Å². The fraction of sp³-hybridized carbons (Fsp3) is 0.526. The lowest BCUT2D eigenvalue weighted by Crippen LogP contribution is -2.59. The number of ether oxygens (including phenoxy) is 2. The molecule has 3 aliphatic rings. The molecule has 2 aliphatic heterocycles. The van der Waals surface area contributed by atoms with Gasteiger partial charge in [-0.1, -0.05) is 24.3 Å². The standard InChI is InChI=1S/C19H23N3O3/c1-11-20-6-7-22(11)17-18(23)16(15-10-24-19(17)25-15)21-14-8-12-4-2-3-5-13(12)9-14/h2-7,14-19,21,23H,8-10H2,1H3. The Bertz CT molecular complexity index is 752. The van der Waals surface area contributed by atoms with E-state index in [2.05, 4.69) is 34.6 Å². The highest BCUT2D eigenvalue weighted by molar-refractivity contribution is 5.33. The first-order valence-corrected chi connectivity index (χ1v) is 8.98. The van der Waals surface area contributed by atoms with Crippen LogP contribution >= 0.6 is 0 Å². The molecule has 1 aliphatic carbocycles. The molecule has 5 atom stereocenters. The van der Waals surface area contributed by atoms with Gasteiger partial charge in [0.1, 0.15) is 18.0 Å². The second-order valence-electron chi connectivity index (χ2n) is 7.31. The average molecular weight is 341 g/mol. The van der Waals surface area contributed by atoms with Gasteiger partial charge in [0.2, 0.25) is 0 Å². The van der Waals surface area contributed by atoms with Crippen LogP contribution in [0.1, 0.15) is 23.0 Å². The Morgan fingerprint density at radius 2 is 2.00 bits per heavy atom. The second-order valence-corrected chi connectivity index (χ2v) is 7.31. The fourth-order valence-corrected chi connectivity index (χ4v) is 4.55. The molecule has 6 nitrogen and oxygen atoms in total. The summed E-state index contributed by atoms with van der Waals surface area (Å²) in [5.41, 5.74) is 2.79. The topological polar surface area (TPSA) is 68.5 Å². The predicted octanol–water partition coefficient (Wildman–Crippen LogP) is 0.974. The van der Waals surface area contributed by atoms with E-state index in [4.69, 9.17) is 9.47 Å². The van der Waals surface area contributed by atoms with Gasteiger partial charge < -0.3 is 24.5 Å². The summed E-state index contributed by atoms with van der Waals surface area (Å²) in [5, 5.41) is 14.8. The first-order valence-electron chi connectivity index (χ1n) is 8.98. The summed E-state index contributed by atoms with van der Waals surface area (Å²) in [6, 6.07) is 8.46. The number of rotatable bonds is 3. The summed E-state index contributed by atoms with van der Waals surface area (Å²) < 4.78 is 13.9. The number of fused-ring (bicyclic) bond motifs is 3. The normalized spacial score (nSPS) is 34.4. The predicted molar refractivity (Wildman–Crippen MR) is 91.2 cm³/mol. The van der Waals surface area contributed by atoms with Crippen LogP contribution in [0.3, 0.4) is 0 Å². The van der Waals surface area contributed by atoms with Crippen LogP contribution < -0.4 is 5.32 Å². The van der Waals surface area contributed by atoms with Crippen LogP contribution in [0, 0.1) is 6.92 Å². The van der Waals surface area contributed by atoms with Crippen molar-refractivity contribution >= 4 is 0 Å². The number of benzene rings is 1. The van der Waals surface area contributed by atoms with E-state index < -0.39 is 12.4 Å². The zero-order chi connectivity index (χ0) is 17.0. The van der Waals surface area contributed by atoms with Crippen molar-refractivity contribution < 1.29 is 14.6 Å². The van der Waals surface area contributed by atoms with Crippen molar-refractivity contribution in [1.29, 1.82) is 0 Å². The van der Waals surface area contributed by atoms with Gasteiger partial charge in [-0.3, -0.25) is 0 Å². The van der Waals surface area contributed by atoms with E-state index in [1.165, 1.54) is 11.1 Å². The number of nitrogens with zero attached hydrogens (tertiary/aromatic N) is 2. The summed E-state index contributed by atoms with van der Waals surface area (Å²) in [6.07, 6.45) is 4.52. The molecule has 1 aromatic heterocycles. The number of imidazole rings is 1. The Morgan fingerprint density at radius 1 is 1.24 bits per heavy atom. The quantitative estimate of drug-likeness (QED) is 0.871. The van der Waals surface area contributed by atoms with Gasteiger partial charge in [-0.2, -0.15) is 0 Å². The van der Waals surface area contributed by atoms with E-state index in [0.29, 0.717) is 12.6 Å². The third-order valence-electron chi connectivity index (χ3n) is 5.79. The van der Waals surface area contributed by atoms with E-state index in [1.54, 1.807) is 6.20 Å². The zero-order valence-electron chi connectivity index (χ0n) is 14.2. The van der Waals surface area contributed by atoms with Crippen molar-refractivity contribution in [3.05, 3.63) is 53.6 Å². The number of hydrogen-bond acceptors (Lipinski definition) is 5. The molecule has 0 spiro atoms. The van der Waals surface area contributed by atoms with Gasteiger partial charge in [-0.25, -0.2) is 4.98 Å². The minimum atomic E-state index is -0.581. The van der Waals surface area contributed by atoms with Crippen molar-refractivity contribution in [1.82, 2.24) is 14.9 Å². The van der Waals surface area contributed by atoms with Gasteiger partial charge in [0.15, 0.2) is 6.29 Å². The molecular weight excluding hydrogens is 318 g/mol. The Balaban J connectivity index is 1.37. The molecule has 5 unspecified atom stereocenters. The minimum Gasteiger partial charge on any atom is -0.389 e. The van der Waals surface area contributed by atoms with Crippen LogP contribution in [-0.4, -0.2) is 51.8 Å². The van der Waals surface area contributed by atoms with Gasteiger partial charge in [-0.15, -0.1) is 0 Å². The molecule has 0 amide bonds. The van der Waals surface area contributed by atoms with Crippen LogP contribution in [-0.2, 0) is 22.3 Å². The molecule has 25 heavy (non-hydrogen) atoms. The fourth-order valence-electron chi connectivity index (χ4n) is 4.55. The summed E-state index contributed by atoms with van der Waals surface area (Å²) in [7, 11) is 0. The van der Waals surface area contributed by atoms with E-state index in [1.807, 2.05) is 17.7 Å². The summed E-state index contributed by atoms with van der Waals surface area (Å²) in [4.78, 5) is 4.28. The highest BCUT2D eigenvalue weighted by Crippen LogP contribution is 2.37. The molecule has 2 saturated heterocycles. The number of aliphatic hydroxyl groups excluding tert-OH is 1. The van der Waals surface area contributed by atoms with Crippen molar-refractivity contribution in [3.8, 4) is 0 Å². The third-order valence-corrected chi connectivity index (χ3v) is 5.79. The monoisotopic (exact) mass is 341 g/mol. The smallest absolute Gasteiger partial charge is 0.181 e. The van der Waals surface area contributed by atoms with Crippen LogP contribution in [0.15, 0.2) is 36.7 Å². The van der Waals surface area contributed by atoms with Crippen LogP contribution in [0.2, 0.25) is 0 Å². The molecule has 6 heteroatoms. The largest absolute Gasteiger partial charge is 0.389 e. The van der Waals surface area contributed by atoms with E-state index >= 15 is 0 Å². The Kier molecular flexibility index (Phi) is 3.67. The molecule has 0 saturated carbocycles. The van der Waals surface area contributed by atoms with Crippen molar-refractivity contribution in [2.24, 2.45) is 0 Å². The summed E-state index contributed by atoms with van der Waals surface area (Å²) in [5.74, 6) is 0.855. The van der Waals surface area contributed by atoms with Crippen LogP contribution in [0.5, 0.6) is 0 Å².